The van der Waals surface area contributed by atoms with Crippen LogP contribution >= 0.6 is 0 Å². The molecule has 4 rings (SSSR count). The first-order valence-electron chi connectivity index (χ1n) is 6.70. The second kappa shape index (κ2) is 4.14. The first-order chi connectivity index (χ1) is 8.93. The van der Waals surface area contributed by atoms with Gasteiger partial charge in [0.05, 0.1) is 25.9 Å². The molecule has 1 saturated heterocycles. The summed E-state index contributed by atoms with van der Waals surface area (Å²) in [5, 5.41) is 3.39. The third kappa shape index (κ3) is 1.52. The lowest BCUT2D eigenvalue weighted by atomic mass is 9.95. The Morgan fingerprint density at radius 2 is 2.06 bits per heavy atom. The average molecular weight is 247 g/mol. The van der Waals surface area contributed by atoms with Crippen molar-refractivity contribution in [3.8, 4) is 11.5 Å². The lowest BCUT2D eigenvalue weighted by Crippen LogP contribution is -2.34. The minimum atomic E-state index is 0.113. The molecule has 0 aromatic heterocycles. The molecule has 0 spiro atoms. The maximum absolute atomic E-state index is 5.92. The molecule has 0 radical (unpaired) electrons. The van der Waals surface area contributed by atoms with Crippen molar-refractivity contribution >= 4 is 0 Å². The number of nitrogens with one attached hydrogen (secondary N) is 1. The molecule has 0 bridgehead atoms. The molecule has 0 aliphatic carbocycles. The Morgan fingerprint density at radius 1 is 1.11 bits per heavy atom. The zero-order valence-electron chi connectivity index (χ0n) is 10.3. The standard InChI is InChI=1S/C14H17NO3/c1-4-18-14-9(1)7-11-10(2-5-16-11)13(14)12-8-15-3-6-17-12/h7,12,15H,1-6,8H2. The second-order valence-electron chi connectivity index (χ2n) is 5.02. The van der Waals surface area contributed by atoms with E-state index in [0.717, 1.165) is 57.3 Å². The topological polar surface area (TPSA) is 39.7 Å². The number of benzene rings is 1. The zero-order chi connectivity index (χ0) is 11.9. The average Bonchev–Trinajstić information content (AvgIpc) is 3.04. The van der Waals surface area contributed by atoms with Crippen LogP contribution in [-0.4, -0.2) is 32.9 Å². The molecule has 1 N–H and O–H groups in total. The minimum Gasteiger partial charge on any atom is -0.493 e. The van der Waals surface area contributed by atoms with Gasteiger partial charge in [0, 0.05) is 42.6 Å². The van der Waals surface area contributed by atoms with Gasteiger partial charge in [-0.25, -0.2) is 0 Å². The fourth-order valence-electron chi connectivity index (χ4n) is 3.11. The monoisotopic (exact) mass is 247 g/mol. The fraction of sp³-hybridized carbons (Fsp3) is 0.571. The summed E-state index contributed by atoms with van der Waals surface area (Å²) in [5.74, 6) is 2.11. The molecule has 3 aliphatic heterocycles. The van der Waals surface area contributed by atoms with Crippen LogP contribution in [0.1, 0.15) is 22.8 Å². The van der Waals surface area contributed by atoms with E-state index in [-0.39, 0.29) is 6.10 Å². The van der Waals surface area contributed by atoms with Crippen molar-refractivity contribution in [2.24, 2.45) is 0 Å². The smallest absolute Gasteiger partial charge is 0.129 e. The maximum Gasteiger partial charge on any atom is 0.129 e. The number of fused-ring (bicyclic) bond motifs is 2. The quantitative estimate of drug-likeness (QED) is 0.810. The van der Waals surface area contributed by atoms with Crippen LogP contribution in [0.2, 0.25) is 0 Å². The van der Waals surface area contributed by atoms with Gasteiger partial charge in [0.2, 0.25) is 0 Å². The van der Waals surface area contributed by atoms with Crippen LogP contribution < -0.4 is 14.8 Å². The molecule has 1 aromatic carbocycles. The second-order valence-corrected chi connectivity index (χ2v) is 5.02. The highest BCUT2D eigenvalue weighted by Crippen LogP contribution is 2.44. The summed E-state index contributed by atoms with van der Waals surface area (Å²) in [6.45, 7) is 4.14. The van der Waals surface area contributed by atoms with E-state index in [1.807, 2.05) is 0 Å². The Morgan fingerprint density at radius 3 is 2.94 bits per heavy atom. The first kappa shape index (κ1) is 10.6. The van der Waals surface area contributed by atoms with Crippen LogP contribution in [0.3, 0.4) is 0 Å². The van der Waals surface area contributed by atoms with Gasteiger partial charge in [-0.1, -0.05) is 0 Å². The van der Waals surface area contributed by atoms with Gasteiger partial charge in [-0.3, -0.25) is 0 Å². The predicted molar refractivity (Wildman–Crippen MR) is 66.4 cm³/mol. The van der Waals surface area contributed by atoms with Crippen LogP contribution in [0.15, 0.2) is 6.07 Å². The molecule has 1 fully saturated rings. The van der Waals surface area contributed by atoms with Gasteiger partial charge in [-0.2, -0.15) is 0 Å². The van der Waals surface area contributed by atoms with E-state index >= 15 is 0 Å². The maximum atomic E-state index is 5.92. The Bertz CT molecular complexity index is 448. The van der Waals surface area contributed by atoms with Crippen molar-refractivity contribution in [2.45, 2.75) is 18.9 Å². The highest BCUT2D eigenvalue weighted by atomic mass is 16.5. The van der Waals surface area contributed by atoms with E-state index in [4.69, 9.17) is 14.2 Å². The summed E-state index contributed by atoms with van der Waals surface area (Å²) < 4.78 is 17.5. The Labute approximate surface area is 106 Å². The van der Waals surface area contributed by atoms with Gasteiger partial charge in [-0.15, -0.1) is 0 Å². The highest BCUT2D eigenvalue weighted by molar-refractivity contribution is 5.57. The predicted octanol–water partition coefficient (Wildman–Crippen LogP) is 1.22. The van der Waals surface area contributed by atoms with E-state index < -0.39 is 0 Å². The fourth-order valence-corrected chi connectivity index (χ4v) is 3.11. The molecule has 3 aliphatic rings. The van der Waals surface area contributed by atoms with Crippen LogP contribution in [-0.2, 0) is 17.6 Å². The number of hydrogen-bond acceptors (Lipinski definition) is 4. The molecule has 3 heterocycles. The number of morpholine rings is 1. The Kier molecular flexibility index (Phi) is 2.45. The minimum absolute atomic E-state index is 0.113. The van der Waals surface area contributed by atoms with Gasteiger partial charge >= 0.3 is 0 Å². The third-order valence-electron chi connectivity index (χ3n) is 3.94. The van der Waals surface area contributed by atoms with Gasteiger partial charge in [-0.05, 0) is 6.07 Å². The molecule has 1 unspecified atom stereocenters. The number of ether oxygens (including phenoxy) is 3. The summed E-state index contributed by atoms with van der Waals surface area (Å²) in [4.78, 5) is 0. The van der Waals surface area contributed by atoms with E-state index in [9.17, 15) is 0 Å². The van der Waals surface area contributed by atoms with Gasteiger partial charge in [0.15, 0.2) is 0 Å². The third-order valence-corrected chi connectivity index (χ3v) is 3.94. The summed E-state index contributed by atoms with van der Waals surface area (Å²) in [5.41, 5.74) is 3.81. The zero-order valence-corrected chi connectivity index (χ0v) is 10.3. The lowest BCUT2D eigenvalue weighted by Gasteiger charge is -2.27. The van der Waals surface area contributed by atoms with Crippen molar-refractivity contribution in [2.75, 3.05) is 32.9 Å². The van der Waals surface area contributed by atoms with E-state index in [2.05, 4.69) is 11.4 Å². The molecule has 1 atom stereocenters. The molecular weight excluding hydrogens is 230 g/mol. The molecule has 4 heteroatoms. The number of hydrogen-bond donors (Lipinski definition) is 1. The van der Waals surface area contributed by atoms with E-state index in [1.165, 1.54) is 16.7 Å². The van der Waals surface area contributed by atoms with Crippen LogP contribution in [0.5, 0.6) is 11.5 Å². The van der Waals surface area contributed by atoms with Crippen molar-refractivity contribution in [1.82, 2.24) is 5.32 Å². The molecule has 96 valence electrons. The van der Waals surface area contributed by atoms with E-state index in [1.54, 1.807) is 0 Å². The van der Waals surface area contributed by atoms with Gasteiger partial charge in [0.1, 0.15) is 11.5 Å². The molecule has 1 aromatic rings. The Balaban J connectivity index is 1.84. The highest BCUT2D eigenvalue weighted by Gasteiger charge is 2.31. The van der Waals surface area contributed by atoms with Crippen LogP contribution in [0.25, 0.3) is 0 Å². The van der Waals surface area contributed by atoms with Crippen LogP contribution in [0, 0.1) is 0 Å². The lowest BCUT2D eigenvalue weighted by molar-refractivity contribution is 0.0257. The summed E-state index contributed by atoms with van der Waals surface area (Å²) in [7, 11) is 0. The van der Waals surface area contributed by atoms with Crippen molar-refractivity contribution in [1.29, 1.82) is 0 Å². The normalized spacial score (nSPS) is 25.2. The van der Waals surface area contributed by atoms with E-state index in [0.29, 0.717) is 0 Å². The van der Waals surface area contributed by atoms with Crippen molar-refractivity contribution in [3.63, 3.8) is 0 Å². The summed E-state index contributed by atoms with van der Waals surface area (Å²) in [6, 6.07) is 2.16. The SMILES string of the molecule is c1c2c(c(C3CNCCO3)c3c1OCC3)OCC2. The molecule has 0 amide bonds. The van der Waals surface area contributed by atoms with Gasteiger partial charge in [0.25, 0.3) is 0 Å². The number of rotatable bonds is 1. The Hall–Kier alpha value is -1.26. The molecule has 4 nitrogen and oxygen atoms in total. The molecule has 0 saturated carbocycles. The first-order valence-corrected chi connectivity index (χ1v) is 6.70. The van der Waals surface area contributed by atoms with Crippen molar-refractivity contribution < 1.29 is 14.2 Å². The van der Waals surface area contributed by atoms with Crippen molar-refractivity contribution in [3.05, 3.63) is 22.8 Å². The van der Waals surface area contributed by atoms with Crippen LogP contribution in [0.4, 0.5) is 0 Å². The largest absolute Gasteiger partial charge is 0.493 e. The van der Waals surface area contributed by atoms with Gasteiger partial charge < -0.3 is 19.5 Å². The molecule has 18 heavy (non-hydrogen) atoms. The summed E-state index contributed by atoms with van der Waals surface area (Å²) >= 11 is 0. The molecular formula is C14H17NO3. The summed E-state index contributed by atoms with van der Waals surface area (Å²) in [6.07, 6.45) is 2.07.